The van der Waals surface area contributed by atoms with E-state index in [1.165, 1.54) is 6.07 Å². The number of fused-ring (bicyclic) bond motifs is 2. The van der Waals surface area contributed by atoms with E-state index in [4.69, 9.17) is 0 Å². The molecule has 0 fully saturated rings. The van der Waals surface area contributed by atoms with Crippen molar-refractivity contribution in [3.05, 3.63) is 88.5 Å². The first-order chi connectivity index (χ1) is 14.4. The number of hydrogen-bond acceptors (Lipinski definition) is 5. The summed E-state index contributed by atoms with van der Waals surface area (Å²) in [6.07, 6.45) is 0. The summed E-state index contributed by atoms with van der Waals surface area (Å²) in [6.45, 7) is 5.96. The third kappa shape index (κ3) is 3.32. The van der Waals surface area contributed by atoms with E-state index in [9.17, 15) is 14.7 Å². The van der Waals surface area contributed by atoms with E-state index in [0.717, 1.165) is 5.56 Å². The van der Waals surface area contributed by atoms with Crippen LogP contribution in [0.4, 0.5) is 11.4 Å². The fraction of sp³-hybridized carbons (Fsp3) is 0.200. The minimum atomic E-state index is -0.354. The van der Waals surface area contributed by atoms with Gasteiger partial charge in [-0.1, -0.05) is 42.5 Å². The third-order valence-corrected chi connectivity index (χ3v) is 5.29. The van der Waals surface area contributed by atoms with Gasteiger partial charge in [0.1, 0.15) is 5.75 Å². The summed E-state index contributed by atoms with van der Waals surface area (Å²) in [5.41, 5.74) is 3.18. The molecule has 1 unspecified atom stereocenters. The Morgan fingerprint density at radius 1 is 0.700 bits per heavy atom. The van der Waals surface area contributed by atoms with Crippen molar-refractivity contribution >= 4 is 22.9 Å². The minimum Gasteiger partial charge on any atom is -0.507 e. The molecule has 3 aromatic carbocycles. The number of phenolic OH excluding ortho intramolecular Hbond substituents is 1. The van der Waals surface area contributed by atoms with Crippen molar-refractivity contribution in [3.8, 4) is 5.75 Å². The van der Waals surface area contributed by atoms with E-state index in [-0.39, 0.29) is 40.5 Å². The Morgan fingerprint density at radius 2 is 1.33 bits per heavy atom. The van der Waals surface area contributed by atoms with E-state index in [1.807, 2.05) is 63.2 Å². The van der Waals surface area contributed by atoms with Gasteiger partial charge in [0.25, 0.3) is 0 Å². The van der Waals surface area contributed by atoms with Crippen LogP contribution in [-0.2, 0) is 0 Å². The van der Waals surface area contributed by atoms with Gasteiger partial charge in [-0.05, 0) is 44.5 Å². The van der Waals surface area contributed by atoms with Gasteiger partial charge in [0.15, 0.2) is 11.6 Å². The molecule has 0 saturated carbocycles. The number of anilines is 2. The van der Waals surface area contributed by atoms with E-state index in [2.05, 4.69) is 10.6 Å². The van der Waals surface area contributed by atoms with Crippen LogP contribution in [0.3, 0.4) is 0 Å². The van der Waals surface area contributed by atoms with Crippen LogP contribution in [0.5, 0.6) is 5.75 Å². The van der Waals surface area contributed by atoms with Gasteiger partial charge in [0.05, 0.1) is 16.7 Å². The van der Waals surface area contributed by atoms with Crippen LogP contribution in [0.15, 0.2) is 60.7 Å². The number of benzene rings is 3. The van der Waals surface area contributed by atoms with Crippen molar-refractivity contribution in [1.82, 2.24) is 0 Å². The third-order valence-electron chi connectivity index (χ3n) is 5.29. The maximum absolute atomic E-state index is 13.5. The molecule has 0 bridgehead atoms. The van der Waals surface area contributed by atoms with Crippen LogP contribution >= 0.6 is 0 Å². The van der Waals surface area contributed by atoms with Gasteiger partial charge in [-0.15, -0.1) is 0 Å². The maximum Gasteiger partial charge on any atom is 0.200 e. The molecule has 4 rings (SSSR count). The number of hydrogen-bond donors (Lipinski definition) is 3. The molecule has 1 atom stereocenters. The molecule has 30 heavy (non-hydrogen) atoms. The van der Waals surface area contributed by atoms with Crippen molar-refractivity contribution in [1.29, 1.82) is 0 Å². The molecular formula is C25H24N2O3. The first kappa shape index (κ1) is 19.7. The largest absolute Gasteiger partial charge is 0.507 e. The highest BCUT2D eigenvalue weighted by molar-refractivity contribution is 6.32. The zero-order chi connectivity index (χ0) is 21.4. The summed E-state index contributed by atoms with van der Waals surface area (Å²) < 4.78 is 0. The zero-order valence-electron chi connectivity index (χ0n) is 17.2. The lowest BCUT2D eigenvalue weighted by Crippen LogP contribution is -2.25. The Balaban J connectivity index is 1.87. The van der Waals surface area contributed by atoms with Crippen LogP contribution in [-0.4, -0.2) is 22.7 Å². The van der Waals surface area contributed by atoms with Crippen molar-refractivity contribution in [3.63, 3.8) is 0 Å². The molecule has 1 aliphatic rings. The highest BCUT2D eigenvalue weighted by Gasteiger charge is 2.36. The summed E-state index contributed by atoms with van der Waals surface area (Å²) in [4.78, 5) is 26.9. The predicted molar refractivity (Wildman–Crippen MR) is 119 cm³/mol. The molecule has 0 heterocycles. The number of ketones is 2. The van der Waals surface area contributed by atoms with Gasteiger partial charge in [-0.3, -0.25) is 9.59 Å². The summed E-state index contributed by atoms with van der Waals surface area (Å²) in [5, 5.41) is 17.0. The summed E-state index contributed by atoms with van der Waals surface area (Å²) in [6, 6.07) is 18.2. The fourth-order valence-electron chi connectivity index (χ4n) is 3.91. The molecule has 152 valence electrons. The first-order valence-electron chi connectivity index (χ1n) is 10.0. The van der Waals surface area contributed by atoms with Crippen LogP contribution in [0.25, 0.3) is 0 Å². The molecule has 3 aromatic rings. The smallest absolute Gasteiger partial charge is 0.200 e. The number of carbonyl (C=O) groups is 2. The second-order valence-electron chi connectivity index (χ2n) is 7.84. The average molecular weight is 400 g/mol. The van der Waals surface area contributed by atoms with Gasteiger partial charge in [0.2, 0.25) is 0 Å². The Hall–Kier alpha value is -3.60. The van der Waals surface area contributed by atoms with Gasteiger partial charge in [-0.25, -0.2) is 0 Å². The molecule has 3 N–H and O–H groups in total. The number of rotatable bonds is 5. The summed E-state index contributed by atoms with van der Waals surface area (Å²) >= 11 is 0. The Labute approximate surface area is 175 Å². The molecular weight excluding hydrogens is 376 g/mol. The van der Waals surface area contributed by atoms with Crippen LogP contribution in [0.2, 0.25) is 0 Å². The Kier molecular flexibility index (Phi) is 5.04. The van der Waals surface area contributed by atoms with Gasteiger partial charge in [0, 0.05) is 29.0 Å². The predicted octanol–water partition coefficient (Wildman–Crippen LogP) is 5.16. The topological polar surface area (TPSA) is 78.4 Å². The Morgan fingerprint density at radius 3 is 2.00 bits per heavy atom. The summed E-state index contributed by atoms with van der Waals surface area (Å²) in [5.74, 6) is -0.802. The zero-order valence-corrected chi connectivity index (χ0v) is 17.2. The van der Waals surface area contributed by atoms with E-state index in [0.29, 0.717) is 22.5 Å². The molecule has 0 spiro atoms. The van der Waals surface area contributed by atoms with Gasteiger partial charge >= 0.3 is 0 Å². The highest BCUT2D eigenvalue weighted by atomic mass is 16.3. The average Bonchev–Trinajstić information content (AvgIpc) is 2.73. The molecule has 0 radical (unpaired) electrons. The molecule has 0 saturated heterocycles. The van der Waals surface area contributed by atoms with Crippen molar-refractivity contribution in [2.75, 3.05) is 10.6 Å². The quantitative estimate of drug-likeness (QED) is 0.431. The molecule has 5 nitrogen and oxygen atoms in total. The van der Waals surface area contributed by atoms with Crippen molar-refractivity contribution in [2.45, 2.75) is 32.9 Å². The van der Waals surface area contributed by atoms with Crippen LogP contribution in [0.1, 0.15) is 64.2 Å². The van der Waals surface area contributed by atoms with E-state index >= 15 is 0 Å². The van der Waals surface area contributed by atoms with Crippen LogP contribution in [0, 0.1) is 0 Å². The number of phenols is 1. The van der Waals surface area contributed by atoms with Crippen molar-refractivity contribution < 1.29 is 14.7 Å². The lowest BCUT2D eigenvalue weighted by atomic mass is 9.81. The monoisotopic (exact) mass is 400 g/mol. The maximum atomic E-state index is 13.5. The SMILES string of the molecule is CC(C)Nc1ccc(NC(C)c2ccccc2)c2c1C(=O)c1cccc(O)c1C2=O. The molecule has 1 aliphatic carbocycles. The second-order valence-corrected chi connectivity index (χ2v) is 7.84. The number of carbonyl (C=O) groups excluding carboxylic acids is 2. The van der Waals surface area contributed by atoms with Crippen molar-refractivity contribution in [2.24, 2.45) is 0 Å². The van der Waals surface area contributed by atoms with E-state index in [1.54, 1.807) is 12.1 Å². The van der Waals surface area contributed by atoms with E-state index < -0.39 is 0 Å². The normalized spacial score (nSPS) is 13.6. The molecule has 5 heteroatoms. The van der Waals surface area contributed by atoms with Crippen LogP contribution < -0.4 is 10.6 Å². The Bertz CT molecular complexity index is 1140. The fourth-order valence-corrected chi connectivity index (χ4v) is 3.91. The van der Waals surface area contributed by atoms with Gasteiger partial charge in [-0.2, -0.15) is 0 Å². The highest BCUT2D eigenvalue weighted by Crippen LogP contribution is 2.40. The number of aromatic hydroxyl groups is 1. The molecule has 0 aromatic heterocycles. The lowest BCUT2D eigenvalue weighted by molar-refractivity contribution is 0.0977. The first-order valence-corrected chi connectivity index (χ1v) is 10.0. The standard InChI is InChI=1S/C25H24N2O3/c1-14(2)26-18-12-13-19(27-15(3)16-8-5-4-6-9-16)23-22(18)24(29)17-10-7-11-20(28)21(17)25(23)30/h4-15,26-28H,1-3H3. The summed E-state index contributed by atoms with van der Waals surface area (Å²) in [7, 11) is 0. The molecule has 0 amide bonds. The molecule has 0 aliphatic heterocycles. The second kappa shape index (κ2) is 7.67. The lowest BCUT2D eigenvalue weighted by Gasteiger charge is -2.26. The minimum absolute atomic E-state index is 0.0621. The number of nitrogens with one attached hydrogen (secondary N) is 2. The van der Waals surface area contributed by atoms with Gasteiger partial charge < -0.3 is 15.7 Å².